The minimum Gasteiger partial charge on any atom is -0.497 e. The molecule has 0 aliphatic carbocycles. The van der Waals surface area contributed by atoms with Crippen LogP contribution in [0.25, 0.3) is 11.0 Å². The standard InChI is InChI=1S/C21H18FN3O3S/c1-25-8-7-23-21(25)29-19-6-3-14(22)10-17(19)24-20(26)9-13-12-28-18-11-15(27-2)4-5-16(13)18/h3-8,10-12H,9H2,1-2H3,(H,24,26). The number of halogens is 1. The molecule has 2 heterocycles. The summed E-state index contributed by atoms with van der Waals surface area (Å²) >= 11 is 1.35. The number of anilines is 1. The second kappa shape index (κ2) is 8.00. The summed E-state index contributed by atoms with van der Waals surface area (Å²) in [5.74, 6) is -0.0141. The van der Waals surface area contributed by atoms with Crippen molar-refractivity contribution in [2.24, 2.45) is 7.05 Å². The molecule has 0 radical (unpaired) electrons. The Bertz CT molecular complexity index is 1190. The molecule has 0 aliphatic heterocycles. The molecule has 0 unspecified atom stereocenters. The summed E-state index contributed by atoms with van der Waals surface area (Å²) in [4.78, 5) is 17.6. The number of amides is 1. The maximum atomic E-state index is 13.8. The smallest absolute Gasteiger partial charge is 0.228 e. The van der Waals surface area contributed by atoms with Gasteiger partial charge < -0.3 is 19.0 Å². The summed E-state index contributed by atoms with van der Waals surface area (Å²) < 4.78 is 26.4. The van der Waals surface area contributed by atoms with Gasteiger partial charge in [0.25, 0.3) is 0 Å². The van der Waals surface area contributed by atoms with E-state index in [2.05, 4.69) is 10.3 Å². The van der Waals surface area contributed by atoms with Gasteiger partial charge >= 0.3 is 0 Å². The topological polar surface area (TPSA) is 69.3 Å². The number of methoxy groups -OCH3 is 1. The van der Waals surface area contributed by atoms with Crippen LogP contribution in [0.2, 0.25) is 0 Å². The van der Waals surface area contributed by atoms with Crippen molar-refractivity contribution < 1.29 is 18.3 Å². The normalized spacial score (nSPS) is 11.0. The molecule has 148 valence electrons. The molecule has 0 aliphatic rings. The van der Waals surface area contributed by atoms with Gasteiger partial charge in [0.15, 0.2) is 5.16 Å². The van der Waals surface area contributed by atoms with Crippen LogP contribution in [0.1, 0.15) is 5.56 Å². The Balaban J connectivity index is 1.54. The van der Waals surface area contributed by atoms with E-state index in [1.807, 2.05) is 29.9 Å². The molecule has 0 spiro atoms. The number of imidazole rings is 1. The highest BCUT2D eigenvalue weighted by molar-refractivity contribution is 7.99. The number of benzene rings is 2. The van der Waals surface area contributed by atoms with Crippen molar-refractivity contribution in [2.45, 2.75) is 16.5 Å². The van der Waals surface area contributed by atoms with Gasteiger partial charge in [-0.1, -0.05) is 0 Å². The molecule has 4 rings (SSSR count). The van der Waals surface area contributed by atoms with Gasteiger partial charge in [-0.15, -0.1) is 0 Å². The summed E-state index contributed by atoms with van der Waals surface area (Å²) in [5.41, 5.74) is 1.79. The van der Waals surface area contributed by atoms with E-state index in [1.54, 1.807) is 31.7 Å². The van der Waals surface area contributed by atoms with E-state index in [9.17, 15) is 9.18 Å². The Labute approximate surface area is 170 Å². The monoisotopic (exact) mass is 411 g/mol. The lowest BCUT2D eigenvalue weighted by atomic mass is 10.1. The Hall–Kier alpha value is -3.26. The first-order valence-corrected chi connectivity index (χ1v) is 9.64. The van der Waals surface area contributed by atoms with Gasteiger partial charge in [-0.05, 0) is 42.1 Å². The molecule has 1 N–H and O–H groups in total. The lowest BCUT2D eigenvalue weighted by Gasteiger charge is -2.11. The maximum Gasteiger partial charge on any atom is 0.228 e. The van der Waals surface area contributed by atoms with Gasteiger partial charge in [-0.3, -0.25) is 4.79 Å². The highest BCUT2D eigenvalue weighted by atomic mass is 32.2. The number of carbonyl (C=O) groups is 1. The van der Waals surface area contributed by atoms with Crippen molar-refractivity contribution in [1.82, 2.24) is 9.55 Å². The molecule has 6 nitrogen and oxygen atoms in total. The quantitative estimate of drug-likeness (QED) is 0.500. The van der Waals surface area contributed by atoms with E-state index >= 15 is 0 Å². The number of furan rings is 1. The van der Waals surface area contributed by atoms with E-state index in [4.69, 9.17) is 9.15 Å². The fourth-order valence-corrected chi connectivity index (χ4v) is 3.80. The molecule has 0 saturated heterocycles. The summed E-state index contributed by atoms with van der Waals surface area (Å²) in [6.07, 6.45) is 5.16. The number of aromatic nitrogens is 2. The zero-order chi connectivity index (χ0) is 20.4. The zero-order valence-corrected chi connectivity index (χ0v) is 16.6. The second-order valence-corrected chi connectivity index (χ2v) is 7.42. The number of carbonyl (C=O) groups excluding carboxylic acids is 1. The number of hydrogen-bond acceptors (Lipinski definition) is 5. The number of rotatable bonds is 6. The van der Waals surface area contributed by atoms with Crippen LogP contribution in [0, 0.1) is 5.82 Å². The molecule has 1 amide bonds. The minimum atomic E-state index is -0.426. The molecule has 0 atom stereocenters. The van der Waals surface area contributed by atoms with Crippen molar-refractivity contribution in [3.63, 3.8) is 0 Å². The van der Waals surface area contributed by atoms with Crippen LogP contribution in [-0.2, 0) is 18.3 Å². The van der Waals surface area contributed by atoms with E-state index < -0.39 is 5.82 Å². The van der Waals surface area contributed by atoms with Crippen molar-refractivity contribution >= 4 is 34.3 Å². The van der Waals surface area contributed by atoms with Crippen molar-refractivity contribution in [3.05, 3.63) is 66.4 Å². The molecule has 0 fully saturated rings. The third-order valence-corrected chi connectivity index (χ3v) is 5.56. The van der Waals surface area contributed by atoms with Crippen LogP contribution < -0.4 is 10.1 Å². The first kappa shape index (κ1) is 19.1. The molecular weight excluding hydrogens is 393 g/mol. The minimum absolute atomic E-state index is 0.0996. The molecular formula is C21H18FN3O3S. The Morgan fingerprint density at radius 2 is 2.17 bits per heavy atom. The van der Waals surface area contributed by atoms with Crippen LogP contribution in [0.3, 0.4) is 0 Å². The molecule has 0 saturated carbocycles. The number of fused-ring (bicyclic) bond motifs is 1. The zero-order valence-electron chi connectivity index (χ0n) is 15.8. The predicted molar refractivity (Wildman–Crippen MR) is 109 cm³/mol. The van der Waals surface area contributed by atoms with Crippen LogP contribution >= 0.6 is 11.8 Å². The number of hydrogen-bond donors (Lipinski definition) is 1. The Morgan fingerprint density at radius 1 is 1.31 bits per heavy atom. The third-order valence-electron chi connectivity index (χ3n) is 4.41. The second-order valence-electron chi connectivity index (χ2n) is 6.41. The molecule has 0 bridgehead atoms. The van der Waals surface area contributed by atoms with E-state index in [0.29, 0.717) is 21.9 Å². The van der Waals surface area contributed by atoms with Gasteiger partial charge in [0.05, 0.1) is 25.5 Å². The number of nitrogens with one attached hydrogen (secondary N) is 1. The van der Waals surface area contributed by atoms with Gasteiger partial charge in [0.1, 0.15) is 17.1 Å². The summed E-state index contributed by atoms with van der Waals surface area (Å²) in [7, 11) is 3.45. The van der Waals surface area contributed by atoms with E-state index in [1.165, 1.54) is 23.9 Å². The molecule has 2 aromatic heterocycles. The average Bonchev–Trinajstić information content (AvgIpc) is 3.29. The van der Waals surface area contributed by atoms with Crippen molar-refractivity contribution in [1.29, 1.82) is 0 Å². The lowest BCUT2D eigenvalue weighted by Crippen LogP contribution is -2.15. The van der Waals surface area contributed by atoms with Gasteiger partial charge in [0, 0.05) is 41.4 Å². The maximum absolute atomic E-state index is 13.8. The first-order valence-electron chi connectivity index (χ1n) is 8.82. The molecule has 2 aromatic carbocycles. The van der Waals surface area contributed by atoms with Crippen LogP contribution in [0.4, 0.5) is 10.1 Å². The van der Waals surface area contributed by atoms with Gasteiger partial charge in [-0.25, -0.2) is 9.37 Å². The molecule has 8 heteroatoms. The van der Waals surface area contributed by atoms with Gasteiger partial charge in [0.2, 0.25) is 5.91 Å². The largest absolute Gasteiger partial charge is 0.497 e. The first-order chi connectivity index (χ1) is 14.0. The molecule has 29 heavy (non-hydrogen) atoms. The number of aryl methyl sites for hydroxylation is 1. The average molecular weight is 411 g/mol. The summed E-state index contributed by atoms with van der Waals surface area (Å²) in [6, 6.07) is 9.73. The van der Waals surface area contributed by atoms with Crippen LogP contribution in [0.5, 0.6) is 5.75 Å². The van der Waals surface area contributed by atoms with Crippen molar-refractivity contribution in [2.75, 3.05) is 12.4 Å². The number of ether oxygens (including phenoxy) is 1. The SMILES string of the molecule is COc1ccc2c(CC(=O)Nc3cc(F)ccc3Sc3nccn3C)coc2c1. The Kier molecular flexibility index (Phi) is 5.26. The predicted octanol–water partition coefficient (Wildman–Crippen LogP) is 4.65. The van der Waals surface area contributed by atoms with Crippen LogP contribution in [0.15, 0.2) is 69.5 Å². The Morgan fingerprint density at radius 3 is 2.93 bits per heavy atom. The van der Waals surface area contributed by atoms with Crippen molar-refractivity contribution in [3.8, 4) is 5.75 Å². The fourth-order valence-electron chi connectivity index (χ4n) is 2.93. The summed E-state index contributed by atoms with van der Waals surface area (Å²) in [5, 5.41) is 4.38. The highest BCUT2D eigenvalue weighted by Gasteiger charge is 2.15. The van der Waals surface area contributed by atoms with E-state index in [-0.39, 0.29) is 12.3 Å². The lowest BCUT2D eigenvalue weighted by molar-refractivity contribution is -0.115. The highest BCUT2D eigenvalue weighted by Crippen LogP contribution is 2.33. The van der Waals surface area contributed by atoms with Crippen LogP contribution in [-0.4, -0.2) is 22.6 Å². The third kappa shape index (κ3) is 4.12. The number of nitrogens with zero attached hydrogens (tertiary/aromatic N) is 2. The van der Waals surface area contributed by atoms with Gasteiger partial charge in [-0.2, -0.15) is 0 Å². The molecule has 4 aromatic rings. The fraction of sp³-hybridized carbons (Fsp3) is 0.143. The van der Waals surface area contributed by atoms with E-state index in [0.717, 1.165) is 16.1 Å². The summed E-state index contributed by atoms with van der Waals surface area (Å²) in [6.45, 7) is 0.